The third-order valence-electron chi connectivity index (χ3n) is 4.67. The molecule has 1 aromatic heterocycles. The third kappa shape index (κ3) is 8.71. The van der Waals surface area contributed by atoms with Crippen molar-refractivity contribution in [1.29, 1.82) is 0 Å². The number of furan rings is 1. The van der Waals surface area contributed by atoms with Crippen LogP contribution in [0.4, 0.5) is 5.69 Å². The lowest BCUT2D eigenvalue weighted by Crippen LogP contribution is -2.36. The van der Waals surface area contributed by atoms with Crippen molar-refractivity contribution in [1.82, 2.24) is 10.2 Å². The molecule has 0 bridgehead atoms. The van der Waals surface area contributed by atoms with Crippen molar-refractivity contribution in [3.8, 4) is 5.75 Å². The molecule has 1 N–H and O–H groups in total. The van der Waals surface area contributed by atoms with E-state index in [1.807, 2.05) is 54.4 Å². The Bertz CT molecular complexity index is 716. The highest BCUT2D eigenvalue weighted by atomic mass is 32.1. The average Bonchev–Trinajstić information content (AvgIpc) is 3.25. The van der Waals surface area contributed by atoms with Crippen LogP contribution >= 0.6 is 12.2 Å². The molecule has 158 valence electrons. The Morgan fingerprint density at radius 2 is 1.90 bits per heavy atom. The van der Waals surface area contributed by atoms with Crippen LogP contribution in [-0.2, 0) is 6.54 Å². The number of nitrogens with one attached hydrogen (secondary N) is 1. The number of hydrogen-bond donors (Lipinski definition) is 1. The predicted octanol–water partition coefficient (Wildman–Crippen LogP) is 4.85. The van der Waals surface area contributed by atoms with E-state index in [2.05, 4.69) is 23.8 Å². The summed E-state index contributed by atoms with van der Waals surface area (Å²) in [6.45, 7) is 7.17. The molecule has 2 aromatic rings. The number of likely N-dealkylation sites (N-methyl/N-ethyl adjacent to an activating group) is 1. The van der Waals surface area contributed by atoms with E-state index in [0.29, 0.717) is 11.7 Å². The van der Waals surface area contributed by atoms with Gasteiger partial charge in [-0.3, -0.25) is 0 Å². The van der Waals surface area contributed by atoms with Crippen LogP contribution in [0.3, 0.4) is 0 Å². The van der Waals surface area contributed by atoms with Crippen molar-refractivity contribution in [3.05, 3.63) is 61.1 Å². The molecule has 5 nitrogen and oxygen atoms in total. The topological polar surface area (TPSA) is 40.9 Å². The first-order chi connectivity index (χ1) is 14.1. The largest absolute Gasteiger partial charge is 0.494 e. The number of benzene rings is 1. The Morgan fingerprint density at radius 1 is 1.14 bits per heavy atom. The summed E-state index contributed by atoms with van der Waals surface area (Å²) >= 11 is 5.45. The minimum atomic E-state index is 0.571. The molecule has 0 radical (unpaired) electrons. The fraction of sp³-hybridized carbons (Fsp3) is 0.435. The summed E-state index contributed by atoms with van der Waals surface area (Å²) in [6, 6.07) is 11.8. The Balaban J connectivity index is 1.62. The monoisotopic (exact) mass is 415 g/mol. The second-order valence-electron chi connectivity index (χ2n) is 7.10. The molecule has 29 heavy (non-hydrogen) atoms. The van der Waals surface area contributed by atoms with Gasteiger partial charge in [0.2, 0.25) is 0 Å². The van der Waals surface area contributed by atoms with Gasteiger partial charge in [-0.05, 0) is 75.1 Å². The van der Waals surface area contributed by atoms with Crippen molar-refractivity contribution in [2.75, 3.05) is 38.7 Å². The molecule has 0 spiro atoms. The molecule has 0 aliphatic heterocycles. The molecule has 0 atom stereocenters. The zero-order chi connectivity index (χ0) is 20.9. The van der Waals surface area contributed by atoms with E-state index in [-0.39, 0.29) is 0 Å². The van der Waals surface area contributed by atoms with E-state index < -0.39 is 0 Å². The molecule has 6 heteroatoms. The van der Waals surface area contributed by atoms with Gasteiger partial charge in [0.1, 0.15) is 11.5 Å². The van der Waals surface area contributed by atoms with Crippen LogP contribution in [0.1, 0.15) is 31.4 Å². The van der Waals surface area contributed by atoms with Crippen molar-refractivity contribution in [2.24, 2.45) is 0 Å². The summed E-state index contributed by atoms with van der Waals surface area (Å²) in [5.41, 5.74) is 1.01. The predicted molar refractivity (Wildman–Crippen MR) is 125 cm³/mol. The normalized spacial score (nSPS) is 10.7. The Labute approximate surface area is 180 Å². The summed E-state index contributed by atoms with van der Waals surface area (Å²) in [6.07, 6.45) is 8.33. The fourth-order valence-electron chi connectivity index (χ4n) is 2.92. The average molecular weight is 416 g/mol. The van der Waals surface area contributed by atoms with E-state index >= 15 is 0 Å². The molecule has 0 amide bonds. The minimum Gasteiger partial charge on any atom is -0.494 e. The first kappa shape index (κ1) is 23.0. The summed E-state index contributed by atoms with van der Waals surface area (Å²) < 4.78 is 11.2. The Hall–Kier alpha value is -2.31. The van der Waals surface area contributed by atoms with Crippen LogP contribution in [0.5, 0.6) is 5.75 Å². The van der Waals surface area contributed by atoms with Crippen molar-refractivity contribution in [3.63, 3.8) is 0 Å². The molecule has 0 aliphatic carbocycles. The first-order valence-corrected chi connectivity index (χ1v) is 10.6. The summed E-state index contributed by atoms with van der Waals surface area (Å²) in [4.78, 5) is 4.23. The lowest BCUT2D eigenvalue weighted by molar-refractivity contribution is 0.300. The number of thiocarbonyl (C=S) groups is 1. The second-order valence-corrected chi connectivity index (χ2v) is 7.49. The number of hydrogen-bond acceptors (Lipinski definition) is 4. The van der Waals surface area contributed by atoms with Crippen LogP contribution in [0.2, 0.25) is 0 Å². The van der Waals surface area contributed by atoms with Gasteiger partial charge in [-0.1, -0.05) is 18.9 Å². The molecule has 0 unspecified atom stereocenters. The highest BCUT2D eigenvalue weighted by Gasteiger charge is 2.07. The molecule has 2 rings (SSSR count). The maximum absolute atomic E-state index is 5.86. The van der Waals surface area contributed by atoms with Gasteiger partial charge < -0.3 is 24.3 Å². The second kappa shape index (κ2) is 13.0. The van der Waals surface area contributed by atoms with Crippen molar-refractivity contribution < 1.29 is 9.15 Å². The smallest absolute Gasteiger partial charge is 0.173 e. The van der Waals surface area contributed by atoms with Crippen LogP contribution in [0, 0.1) is 0 Å². The maximum atomic E-state index is 5.86. The zero-order valence-electron chi connectivity index (χ0n) is 17.6. The van der Waals surface area contributed by atoms with E-state index in [1.165, 1.54) is 19.3 Å². The van der Waals surface area contributed by atoms with E-state index in [1.54, 1.807) is 6.26 Å². The molecular weight excluding hydrogens is 382 g/mol. The molecule has 1 aromatic carbocycles. The van der Waals surface area contributed by atoms with E-state index in [4.69, 9.17) is 21.4 Å². The maximum Gasteiger partial charge on any atom is 0.173 e. The van der Waals surface area contributed by atoms with Gasteiger partial charge in [0.05, 0.1) is 19.4 Å². The van der Waals surface area contributed by atoms with Gasteiger partial charge in [-0.25, -0.2) is 0 Å². The molecule has 0 aliphatic rings. The molecule has 0 fully saturated rings. The van der Waals surface area contributed by atoms with Gasteiger partial charge in [0.15, 0.2) is 5.11 Å². The third-order valence-corrected chi connectivity index (χ3v) is 5.08. The number of unbranched alkanes of at least 4 members (excludes halogenated alkanes) is 3. The van der Waals surface area contributed by atoms with Crippen molar-refractivity contribution in [2.45, 2.75) is 32.2 Å². The number of nitrogens with zero attached hydrogens (tertiary/aromatic N) is 2. The van der Waals surface area contributed by atoms with Gasteiger partial charge >= 0.3 is 0 Å². The van der Waals surface area contributed by atoms with E-state index in [9.17, 15) is 0 Å². The standard InChI is InChI=1S/C23H33N3O2S/c1-4-15-25(2)16-7-5-6-8-17-27-21-13-11-20(12-14-21)26(3)23(29)24-19-22-10-9-18-28-22/h4,9-14,18H,1,5-8,15-17,19H2,2-3H3,(H,24,29). The molecule has 0 saturated heterocycles. The number of rotatable bonds is 13. The zero-order valence-corrected chi connectivity index (χ0v) is 18.4. The van der Waals surface area contributed by atoms with Crippen LogP contribution in [0.15, 0.2) is 59.7 Å². The molecular formula is C23H33N3O2S. The van der Waals surface area contributed by atoms with E-state index in [0.717, 1.165) is 43.3 Å². The SMILES string of the molecule is C=CCN(C)CCCCCCOc1ccc(N(C)C(=S)NCc2ccco2)cc1. The lowest BCUT2D eigenvalue weighted by Gasteiger charge is -2.21. The first-order valence-electron chi connectivity index (χ1n) is 10.2. The van der Waals surface area contributed by atoms with Crippen molar-refractivity contribution >= 4 is 23.0 Å². The van der Waals surface area contributed by atoms with Gasteiger partial charge in [0.25, 0.3) is 0 Å². The quantitative estimate of drug-likeness (QED) is 0.287. The molecule has 0 saturated carbocycles. The highest BCUT2D eigenvalue weighted by molar-refractivity contribution is 7.80. The fourth-order valence-corrected chi connectivity index (χ4v) is 3.09. The van der Waals surface area contributed by atoms with Crippen LogP contribution in [-0.4, -0.2) is 43.8 Å². The van der Waals surface area contributed by atoms with Gasteiger partial charge in [0, 0.05) is 19.3 Å². The highest BCUT2D eigenvalue weighted by Crippen LogP contribution is 2.19. The summed E-state index contributed by atoms with van der Waals surface area (Å²) in [7, 11) is 4.08. The Morgan fingerprint density at radius 3 is 2.59 bits per heavy atom. The number of anilines is 1. The summed E-state index contributed by atoms with van der Waals surface area (Å²) in [5, 5.41) is 3.84. The number of ether oxygens (including phenoxy) is 1. The Kier molecular flexibility index (Phi) is 10.3. The lowest BCUT2D eigenvalue weighted by atomic mass is 10.2. The molecule has 1 heterocycles. The van der Waals surface area contributed by atoms with Crippen LogP contribution < -0.4 is 15.0 Å². The minimum absolute atomic E-state index is 0.571. The van der Waals surface area contributed by atoms with Crippen LogP contribution in [0.25, 0.3) is 0 Å². The van der Waals surface area contributed by atoms with Gasteiger partial charge in [-0.2, -0.15) is 0 Å². The summed E-state index contributed by atoms with van der Waals surface area (Å²) in [5.74, 6) is 1.75. The van der Waals surface area contributed by atoms with Gasteiger partial charge in [-0.15, -0.1) is 6.58 Å².